The normalized spacial score (nSPS) is 10.4. The second-order valence-electron chi connectivity index (χ2n) is 5.04. The van der Waals surface area contributed by atoms with Crippen molar-refractivity contribution in [2.75, 3.05) is 12.4 Å². The number of nitro groups is 1. The molecule has 25 heavy (non-hydrogen) atoms. The molecule has 0 spiro atoms. The van der Waals surface area contributed by atoms with Crippen LogP contribution in [0.1, 0.15) is 5.56 Å². The van der Waals surface area contributed by atoms with Gasteiger partial charge in [-0.15, -0.1) is 22.7 Å². The van der Waals surface area contributed by atoms with Crippen LogP contribution >= 0.6 is 22.7 Å². The van der Waals surface area contributed by atoms with Crippen LogP contribution < -0.4 is 10.1 Å². The van der Waals surface area contributed by atoms with Gasteiger partial charge in [0.05, 0.1) is 34.4 Å². The van der Waals surface area contributed by atoms with E-state index in [1.165, 1.54) is 34.1 Å². The highest BCUT2D eigenvalue weighted by molar-refractivity contribution is 7.16. The number of rotatable bonds is 6. The minimum atomic E-state index is -0.441. The van der Waals surface area contributed by atoms with Gasteiger partial charge < -0.3 is 10.1 Å². The summed E-state index contributed by atoms with van der Waals surface area (Å²) in [5.74, 6) is 0.557. The number of amides is 1. The van der Waals surface area contributed by atoms with E-state index < -0.39 is 4.92 Å². The van der Waals surface area contributed by atoms with Crippen LogP contribution in [0.2, 0.25) is 0 Å². The molecule has 2 heterocycles. The third kappa shape index (κ3) is 4.20. The lowest BCUT2D eigenvalue weighted by Gasteiger charge is -2.03. The first kappa shape index (κ1) is 17.1. The highest BCUT2D eigenvalue weighted by Gasteiger charge is 2.14. The number of ether oxygens (including phenoxy) is 1. The van der Waals surface area contributed by atoms with Crippen LogP contribution in [0.3, 0.4) is 0 Å². The molecule has 128 valence electrons. The van der Waals surface area contributed by atoms with Gasteiger partial charge in [0.2, 0.25) is 5.91 Å². The summed E-state index contributed by atoms with van der Waals surface area (Å²) >= 11 is 2.53. The maximum Gasteiger partial charge on any atom is 0.280 e. The fourth-order valence-corrected chi connectivity index (χ4v) is 3.71. The Kier molecular flexibility index (Phi) is 5.05. The maximum atomic E-state index is 12.1. The molecule has 0 bridgehead atoms. The topological polar surface area (TPSA) is 94.4 Å². The number of nitrogens with one attached hydrogen (secondary N) is 1. The molecule has 0 aliphatic rings. The lowest BCUT2D eigenvalue weighted by molar-refractivity contribution is -0.384. The van der Waals surface area contributed by atoms with Crippen molar-refractivity contribution in [1.82, 2.24) is 4.98 Å². The molecule has 1 N–H and O–H groups in total. The van der Waals surface area contributed by atoms with Crippen molar-refractivity contribution in [3.8, 4) is 16.3 Å². The van der Waals surface area contributed by atoms with Crippen molar-refractivity contribution in [2.45, 2.75) is 6.42 Å². The average Bonchev–Trinajstić information content (AvgIpc) is 3.24. The number of thiazole rings is 1. The van der Waals surface area contributed by atoms with Crippen molar-refractivity contribution >= 4 is 39.4 Å². The van der Waals surface area contributed by atoms with Crippen molar-refractivity contribution in [1.29, 1.82) is 0 Å². The zero-order valence-electron chi connectivity index (χ0n) is 13.1. The molecule has 0 fully saturated rings. The molecule has 3 aromatic rings. The summed E-state index contributed by atoms with van der Waals surface area (Å²) in [4.78, 5) is 27.4. The molecule has 0 unspecified atom stereocenters. The summed E-state index contributed by atoms with van der Waals surface area (Å²) < 4.78 is 5.08. The first-order valence-electron chi connectivity index (χ1n) is 7.17. The maximum absolute atomic E-state index is 12.1. The standard InChI is InChI=1S/C16H13N3O4S2/c1-23-12-4-2-10(3-5-12)6-15(20)18-16-17-13(9-25-16)14-7-11(8-24-14)19(21)22/h2-5,7-9H,6H2,1H3,(H,17,18,20). The van der Waals surface area contributed by atoms with E-state index in [-0.39, 0.29) is 18.0 Å². The van der Waals surface area contributed by atoms with Crippen molar-refractivity contribution in [3.05, 3.63) is 56.8 Å². The third-order valence-electron chi connectivity index (χ3n) is 3.32. The molecule has 0 radical (unpaired) electrons. The van der Waals surface area contributed by atoms with Gasteiger partial charge in [0.25, 0.3) is 5.69 Å². The van der Waals surface area contributed by atoms with E-state index in [1.807, 2.05) is 12.1 Å². The van der Waals surface area contributed by atoms with Crippen molar-refractivity contribution < 1.29 is 14.5 Å². The number of thiophene rings is 1. The SMILES string of the molecule is COc1ccc(CC(=O)Nc2nc(-c3cc([N+](=O)[O-])cs3)cs2)cc1. The van der Waals surface area contributed by atoms with Crippen LogP contribution in [0.25, 0.3) is 10.6 Å². The summed E-state index contributed by atoms with van der Waals surface area (Å²) in [6.07, 6.45) is 0.226. The van der Waals surface area contributed by atoms with Crippen LogP contribution in [0.5, 0.6) is 5.75 Å². The Labute approximate surface area is 151 Å². The quantitative estimate of drug-likeness (QED) is 0.520. The Morgan fingerprint density at radius 3 is 2.68 bits per heavy atom. The molecule has 1 aromatic carbocycles. The van der Waals surface area contributed by atoms with Crippen LogP contribution in [-0.2, 0) is 11.2 Å². The lowest BCUT2D eigenvalue weighted by Crippen LogP contribution is -2.14. The summed E-state index contributed by atoms with van der Waals surface area (Å²) in [6, 6.07) is 8.73. The van der Waals surface area contributed by atoms with Gasteiger partial charge in [-0.2, -0.15) is 0 Å². The van der Waals surface area contributed by atoms with Gasteiger partial charge in [-0.05, 0) is 17.7 Å². The number of hydrogen-bond acceptors (Lipinski definition) is 7. The molecule has 3 rings (SSSR count). The first-order chi connectivity index (χ1) is 12.0. The molecule has 1 amide bonds. The molecule has 0 aliphatic heterocycles. The van der Waals surface area contributed by atoms with Gasteiger partial charge in [0, 0.05) is 11.4 Å². The molecule has 0 atom stereocenters. The van der Waals surface area contributed by atoms with E-state index in [0.717, 1.165) is 11.3 Å². The predicted molar refractivity (Wildman–Crippen MR) is 97.4 cm³/mol. The van der Waals surface area contributed by atoms with Crippen LogP contribution in [0.15, 0.2) is 41.1 Å². The number of hydrogen-bond donors (Lipinski definition) is 1. The van der Waals surface area contributed by atoms with Gasteiger partial charge in [-0.3, -0.25) is 14.9 Å². The number of benzene rings is 1. The molecule has 9 heteroatoms. The van der Waals surface area contributed by atoms with Gasteiger partial charge in [0.15, 0.2) is 5.13 Å². The van der Waals surface area contributed by atoms with E-state index in [0.29, 0.717) is 15.7 Å². The number of methoxy groups -OCH3 is 1. The van der Waals surface area contributed by atoms with Gasteiger partial charge in [0.1, 0.15) is 5.75 Å². The number of carbonyl (C=O) groups is 1. The molecular weight excluding hydrogens is 362 g/mol. The van der Waals surface area contributed by atoms with Crippen molar-refractivity contribution in [3.63, 3.8) is 0 Å². The fourth-order valence-electron chi connectivity index (χ4n) is 2.09. The molecule has 2 aromatic heterocycles. The van der Waals surface area contributed by atoms with E-state index in [4.69, 9.17) is 4.74 Å². The summed E-state index contributed by atoms with van der Waals surface area (Å²) in [5.41, 5.74) is 1.52. The largest absolute Gasteiger partial charge is 0.497 e. The summed E-state index contributed by atoms with van der Waals surface area (Å²) in [6.45, 7) is 0. The average molecular weight is 375 g/mol. The second kappa shape index (κ2) is 7.41. The van der Waals surface area contributed by atoms with Gasteiger partial charge >= 0.3 is 0 Å². The zero-order chi connectivity index (χ0) is 17.8. The Morgan fingerprint density at radius 2 is 2.04 bits per heavy atom. The summed E-state index contributed by atoms with van der Waals surface area (Å²) in [5, 5.41) is 17.2. The predicted octanol–water partition coefficient (Wildman–Crippen LogP) is 3.97. The monoisotopic (exact) mass is 375 g/mol. The van der Waals surface area contributed by atoms with E-state index in [2.05, 4.69) is 10.3 Å². The smallest absolute Gasteiger partial charge is 0.280 e. The number of aromatic nitrogens is 1. The zero-order valence-corrected chi connectivity index (χ0v) is 14.7. The number of anilines is 1. The lowest BCUT2D eigenvalue weighted by atomic mass is 10.1. The van der Waals surface area contributed by atoms with E-state index in [1.54, 1.807) is 24.6 Å². The first-order valence-corrected chi connectivity index (χ1v) is 8.92. The van der Waals surface area contributed by atoms with Crippen LogP contribution in [0, 0.1) is 10.1 Å². The van der Waals surface area contributed by atoms with Gasteiger partial charge in [-0.1, -0.05) is 12.1 Å². The van der Waals surface area contributed by atoms with Crippen LogP contribution in [0.4, 0.5) is 10.8 Å². The Balaban J connectivity index is 1.63. The van der Waals surface area contributed by atoms with Crippen molar-refractivity contribution in [2.24, 2.45) is 0 Å². The highest BCUT2D eigenvalue weighted by Crippen LogP contribution is 2.32. The van der Waals surface area contributed by atoms with E-state index in [9.17, 15) is 14.9 Å². The van der Waals surface area contributed by atoms with Crippen LogP contribution in [-0.4, -0.2) is 22.9 Å². The molecule has 0 saturated heterocycles. The molecule has 7 nitrogen and oxygen atoms in total. The summed E-state index contributed by atoms with van der Waals surface area (Å²) in [7, 11) is 1.59. The van der Waals surface area contributed by atoms with E-state index >= 15 is 0 Å². The Hall–Kier alpha value is -2.78. The number of carbonyl (C=O) groups excluding carboxylic acids is 1. The fraction of sp³-hybridized carbons (Fsp3) is 0.125. The van der Waals surface area contributed by atoms with Gasteiger partial charge in [-0.25, -0.2) is 4.98 Å². The minimum Gasteiger partial charge on any atom is -0.497 e. The minimum absolute atomic E-state index is 0.0399. The highest BCUT2D eigenvalue weighted by atomic mass is 32.1. The second-order valence-corrected chi connectivity index (χ2v) is 6.81. The Morgan fingerprint density at radius 1 is 1.28 bits per heavy atom. The molecular formula is C16H13N3O4S2. The molecule has 0 aliphatic carbocycles. The Bertz CT molecular complexity index is 902. The third-order valence-corrected chi connectivity index (χ3v) is 5.02. The molecule has 0 saturated carbocycles. The number of nitrogens with zero attached hydrogens (tertiary/aromatic N) is 2.